The molecule has 4 heterocycles. The van der Waals surface area contributed by atoms with Gasteiger partial charge in [-0.2, -0.15) is 0 Å². The van der Waals surface area contributed by atoms with E-state index in [-0.39, 0.29) is 5.56 Å². The van der Waals surface area contributed by atoms with Crippen LogP contribution in [0.1, 0.15) is 17.4 Å². The van der Waals surface area contributed by atoms with Crippen molar-refractivity contribution in [2.45, 2.75) is 25.0 Å². The molecule has 0 spiro atoms. The van der Waals surface area contributed by atoms with Gasteiger partial charge in [0.2, 0.25) is 5.78 Å². The monoisotopic (exact) mass is 424 g/mol. The second-order valence-corrected chi connectivity index (χ2v) is 9.68. The molecule has 148 valence electrons. The highest BCUT2D eigenvalue weighted by molar-refractivity contribution is 7.99. The molecule has 4 aromatic rings. The summed E-state index contributed by atoms with van der Waals surface area (Å²) in [7, 11) is 2.21. The van der Waals surface area contributed by atoms with Gasteiger partial charge in [-0.05, 0) is 24.6 Å². The van der Waals surface area contributed by atoms with Crippen molar-refractivity contribution < 1.29 is 4.90 Å². The average Bonchev–Trinajstić information content (AvgIpc) is 3.28. The summed E-state index contributed by atoms with van der Waals surface area (Å²) < 4.78 is 3.77. The molecule has 1 N–H and O–H groups in total. The van der Waals surface area contributed by atoms with Gasteiger partial charge >= 0.3 is 0 Å². The lowest BCUT2D eigenvalue weighted by atomic mass is 10.1. The van der Waals surface area contributed by atoms with Crippen molar-refractivity contribution in [2.24, 2.45) is 0 Å². The van der Waals surface area contributed by atoms with E-state index in [0.717, 1.165) is 51.9 Å². The fourth-order valence-electron chi connectivity index (χ4n) is 3.86. The number of nitrogens with one attached hydrogen (secondary N) is 1. The molecule has 0 bridgehead atoms. The van der Waals surface area contributed by atoms with Crippen molar-refractivity contribution in [3.63, 3.8) is 0 Å². The summed E-state index contributed by atoms with van der Waals surface area (Å²) in [5.41, 5.74) is 3.10. The fourth-order valence-corrected chi connectivity index (χ4v) is 6.15. The van der Waals surface area contributed by atoms with E-state index < -0.39 is 0 Å². The molecule has 1 aliphatic heterocycles. The zero-order valence-electron chi connectivity index (χ0n) is 16.4. The van der Waals surface area contributed by atoms with E-state index in [4.69, 9.17) is 0 Å². The number of rotatable bonds is 4. The Morgan fingerprint density at radius 3 is 2.86 bits per heavy atom. The molecule has 1 unspecified atom stereocenters. The van der Waals surface area contributed by atoms with Crippen LogP contribution in [0.25, 0.3) is 21.7 Å². The third kappa shape index (κ3) is 3.02. The second kappa shape index (κ2) is 7.12. The molecule has 0 radical (unpaired) electrons. The molecule has 1 atom stereocenters. The van der Waals surface area contributed by atoms with Gasteiger partial charge in [-0.3, -0.25) is 4.79 Å². The normalized spacial score (nSPS) is 16.4. The number of hydrogen-bond donors (Lipinski definition) is 1. The average molecular weight is 425 g/mol. The molecule has 8 heteroatoms. The Kier molecular flexibility index (Phi) is 4.57. The Morgan fingerprint density at radius 2 is 2.10 bits per heavy atom. The van der Waals surface area contributed by atoms with Crippen molar-refractivity contribution in [2.75, 3.05) is 19.3 Å². The SMILES string of the molecule is C=C(C)CSc1nnc2n(-c3ccccc3)c(=O)c3c4c(sc3n12)C[NH+](C)CC4. The molecule has 1 aromatic carbocycles. The Bertz CT molecular complexity index is 1300. The van der Waals surface area contributed by atoms with Gasteiger partial charge in [-0.15, -0.1) is 21.5 Å². The lowest BCUT2D eigenvalue weighted by Gasteiger charge is -2.19. The van der Waals surface area contributed by atoms with Crippen LogP contribution in [0.5, 0.6) is 0 Å². The molecular formula is C21H22N5OS2+. The number of fused-ring (bicyclic) bond motifs is 5. The fraction of sp³-hybridized carbons (Fsp3) is 0.286. The molecule has 5 rings (SSSR count). The third-order valence-corrected chi connectivity index (χ3v) is 7.61. The molecule has 0 fully saturated rings. The number of likely N-dealkylation sites (N-methyl/N-ethyl adjacent to an activating group) is 1. The van der Waals surface area contributed by atoms with Crippen molar-refractivity contribution in [3.8, 4) is 5.69 Å². The van der Waals surface area contributed by atoms with Crippen LogP contribution >= 0.6 is 23.1 Å². The van der Waals surface area contributed by atoms with Gasteiger partial charge in [0.25, 0.3) is 5.56 Å². The maximum absolute atomic E-state index is 13.7. The van der Waals surface area contributed by atoms with Crippen molar-refractivity contribution in [1.29, 1.82) is 0 Å². The maximum atomic E-state index is 13.7. The summed E-state index contributed by atoms with van der Waals surface area (Å²) in [6, 6.07) is 9.72. The van der Waals surface area contributed by atoms with Crippen LogP contribution in [0.4, 0.5) is 0 Å². The molecular weight excluding hydrogens is 402 g/mol. The lowest BCUT2D eigenvalue weighted by molar-refractivity contribution is -0.895. The molecule has 1 aliphatic rings. The summed E-state index contributed by atoms with van der Waals surface area (Å²) in [6.45, 7) is 8.01. The molecule has 0 aliphatic carbocycles. The van der Waals surface area contributed by atoms with E-state index in [1.54, 1.807) is 27.7 Å². The number of nitrogens with zero attached hydrogens (tertiary/aromatic N) is 4. The maximum Gasteiger partial charge on any atom is 0.268 e. The quantitative estimate of drug-likeness (QED) is 0.404. The topological polar surface area (TPSA) is 56.6 Å². The number of aromatic nitrogens is 4. The Labute approximate surface area is 176 Å². The van der Waals surface area contributed by atoms with Crippen molar-refractivity contribution in [1.82, 2.24) is 19.2 Å². The van der Waals surface area contributed by atoms with E-state index in [0.29, 0.717) is 5.78 Å². The van der Waals surface area contributed by atoms with Gasteiger partial charge in [0.05, 0.1) is 29.5 Å². The van der Waals surface area contributed by atoms with Crippen LogP contribution in [-0.2, 0) is 13.0 Å². The predicted octanol–water partition coefficient (Wildman–Crippen LogP) is 2.33. The summed E-state index contributed by atoms with van der Waals surface area (Å²) in [5, 5.41) is 10.5. The molecule has 6 nitrogen and oxygen atoms in total. The van der Waals surface area contributed by atoms with Crippen molar-refractivity contribution >= 4 is 39.1 Å². The van der Waals surface area contributed by atoms with E-state index in [1.165, 1.54) is 15.3 Å². The van der Waals surface area contributed by atoms with Gasteiger partial charge in [-0.25, -0.2) is 8.97 Å². The molecule has 0 saturated heterocycles. The summed E-state index contributed by atoms with van der Waals surface area (Å²) in [4.78, 5) is 17.4. The predicted molar refractivity (Wildman–Crippen MR) is 119 cm³/mol. The summed E-state index contributed by atoms with van der Waals surface area (Å²) in [5.74, 6) is 1.34. The molecule has 29 heavy (non-hydrogen) atoms. The van der Waals surface area contributed by atoms with E-state index in [1.807, 2.05) is 37.3 Å². The second-order valence-electron chi connectivity index (χ2n) is 7.66. The van der Waals surface area contributed by atoms with E-state index >= 15 is 0 Å². The van der Waals surface area contributed by atoms with Gasteiger partial charge < -0.3 is 4.90 Å². The highest BCUT2D eigenvalue weighted by atomic mass is 32.2. The van der Waals surface area contributed by atoms with Crippen LogP contribution in [0.3, 0.4) is 0 Å². The summed E-state index contributed by atoms with van der Waals surface area (Å²) in [6.07, 6.45) is 0.924. The molecule has 0 saturated carbocycles. The minimum atomic E-state index is -0.000366. The molecule has 3 aromatic heterocycles. The minimum Gasteiger partial charge on any atom is -0.333 e. The van der Waals surface area contributed by atoms with E-state index in [2.05, 4.69) is 28.2 Å². The largest absolute Gasteiger partial charge is 0.333 e. The van der Waals surface area contributed by atoms with Gasteiger partial charge in [0.1, 0.15) is 11.4 Å². The smallest absolute Gasteiger partial charge is 0.268 e. The Balaban J connectivity index is 1.88. The first kappa shape index (κ1) is 18.6. The van der Waals surface area contributed by atoms with Gasteiger partial charge in [0, 0.05) is 12.2 Å². The minimum absolute atomic E-state index is 0.000366. The molecule has 0 amide bonds. The highest BCUT2D eigenvalue weighted by Crippen LogP contribution is 2.33. The Morgan fingerprint density at radius 1 is 1.31 bits per heavy atom. The van der Waals surface area contributed by atoms with Gasteiger partial charge in [-0.1, -0.05) is 42.1 Å². The number of thiophene rings is 1. The Hall–Kier alpha value is -2.42. The third-order valence-electron chi connectivity index (χ3n) is 5.23. The first-order chi connectivity index (χ1) is 14.0. The zero-order valence-corrected chi connectivity index (χ0v) is 18.1. The van der Waals surface area contributed by atoms with Gasteiger partial charge in [0.15, 0.2) is 5.16 Å². The number of benzene rings is 1. The number of hydrogen-bond acceptors (Lipinski definition) is 5. The van der Waals surface area contributed by atoms with E-state index in [9.17, 15) is 4.79 Å². The number of quaternary nitrogens is 1. The van der Waals surface area contributed by atoms with Crippen LogP contribution in [0.15, 0.2) is 52.4 Å². The first-order valence-corrected chi connectivity index (χ1v) is 11.4. The van der Waals surface area contributed by atoms with Crippen LogP contribution < -0.4 is 10.5 Å². The van der Waals surface area contributed by atoms with Crippen LogP contribution in [0, 0.1) is 0 Å². The summed E-state index contributed by atoms with van der Waals surface area (Å²) >= 11 is 3.33. The van der Waals surface area contributed by atoms with Crippen molar-refractivity contribution in [3.05, 3.63) is 63.3 Å². The highest BCUT2D eigenvalue weighted by Gasteiger charge is 2.28. The first-order valence-electron chi connectivity index (χ1n) is 9.63. The number of thioether (sulfide) groups is 1. The standard InChI is InChI=1S/C21H21N5OS2/c1-13(2)12-28-21-23-22-20-25(14-7-5-4-6-8-14)18(27)17-15-9-10-24(3)11-16(15)29-19(17)26(20)21/h4-8H,1,9-12H2,2-3H3/p+1. The number of para-hydroxylation sites is 1. The van der Waals surface area contributed by atoms with Crippen LogP contribution in [0.2, 0.25) is 0 Å². The zero-order chi connectivity index (χ0) is 20.1. The lowest BCUT2D eigenvalue weighted by Crippen LogP contribution is -3.08. The van der Waals surface area contributed by atoms with Crippen LogP contribution in [-0.4, -0.2) is 38.5 Å².